The first-order valence-corrected chi connectivity index (χ1v) is 14.6. The second kappa shape index (κ2) is 12.4. The molecule has 4 heterocycles. The topological polar surface area (TPSA) is 150 Å². The van der Waals surface area contributed by atoms with E-state index in [2.05, 4.69) is 17.2 Å². The van der Waals surface area contributed by atoms with Crippen LogP contribution >= 0.6 is 0 Å². The highest BCUT2D eigenvalue weighted by Gasteiger charge is 2.46. The maximum absolute atomic E-state index is 12.9. The van der Waals surface area contributed by atoms with Gasteiger partial charge in [-0.05, 0) is 48.4 Å². The molecule has 0 bridgehead atoms. The molecule has 0 aromatic heterocycles. The number of carbonyl (C=O) groups is 7. The molecule has 11 heteroatoms. The van der Waals surface area contributed by atoms with E-state index in [1.54, 1.807) is 36.4 Å². The first-order chi connectivity index (χ1) is 20.8. The molecule has 0 radical (unpaired) electrons. The number of fused-ring (bicyclic) bond motifs is 2. The van der Waals surface area contributed by atoms with Crippen LogP contribution in [0.4, 0.5) is 0 Å². The largest absolute Gasteiger partial charge is 0.329 e. The molecule has 2 unspecified atom stereocenters. The van der Waals surface area contributed by atoms with Crippen LogP contribution in [0.5, 0.6) is 0 Å². The van der Waals surface area contributed by atoms with Crippen molar-refractivity contribution >= 4 is 41.4 Å². The number of nitrogens with one attached hydrogen (secondary N) is 2. The number of rotatable bonds is 2. The normalized spacial score (nSPS) is 21.1. The van der Waals surface area contributed by atoms with Crippen LogP contribution in [0.25, 0.3) is 0 Å². The lowest BCUT2D eigenvalue weighted by Crippen LogP contribution is -2.54. The van der Waals surface area contributed by atoms with Crippen molar-refractivity contribution in [2.75, 3.05) is 0 Å². The third-order valence-electron chi connectivity index (χ3n) is 7.74. The first kappa shape index (κ1) is 32.0. The quantitative estimate of drug-likeness (QED) is 0.501. The lowest BCUT2D eigenvalue weighted by molar-refractivity contribution is -0.136. The van der Waals surface area contributed by atoms with E-state index >= 15 is 0 Å². The summed E-state index contributed by atoms with van der Waals surface area (Å²) in [7, 11) is 0. The van der Waals surface area contributed by atoms with Crippen molar-refractivity contribution < 1.29 is 33.6 Å². The van der Waals surface area contributed by atoms with Gasteiger partial charge in [0.05, 0.1) is 22.3 Å². The maximum atomic E-state index is 12.9. The molecule has 4 aliphatic heterocycles. The van der Waals surface area contributed by atoms with Crippen LogP contribution in [0.15, 0.2) is 54.7 Å². The standard InChI is InChI=1S/C18H20N2O3.C13H10N2O4.C2H6/c1-10-8-9-13(15(21)19-10)20-16(22)11-6-5-7-12(18(2,3)4)14(11)17(20)23;16-10-6-5-9(11(17)14-10)15-12(18)7-3-1-2-4-8(7)13(15)19;1-2/h5-7,13H,1,8-9H2,2-4H3,(H,19,21);1-4,9H,5-6H2,(H,14,16,17);1-2H3. The van der Waals surface area contributed by atoms with Gasteiger partial charge in [-0.15, -0.1) is 0 Å². The fraction of sp³-hybridized carbons (Fsp3) is 0.364. The van der Waals surface area contributed by atoms with E-state index in [4.69, 9.17) is 0 Å². The molecule has 0 spiro atoms. The fourth-order valence-electron chi connectivity index (χ4n) is 5.64. The summed E-state index contributed by atoms with van der Waals surface area (Å²) in [6.45, 7) is 13.7. The number of hydrogen-bond acceptors (Lipinski definition) is 7. The van der Waals surface area contributed by atoms with Gasteiger partial charge < -0.3 is 5.32 Å². The summed E-state index contributed by atoms with van der Waals surface area (Å²) in [5, 5.41) is 4.79. The van der Waals surface area contributed by atoms with Crippen LogP contribution in [-0.2, 0) is 19.8 Å². The number of imide groups is 3. The van der Waals surface area contributed by atoms with Crippen molar-refractivity contribution in [2.45, 2.75) is 77.8 Å². The lowest BCUT2D eigenvalue weighted by Gasteiger charge is -2.29. The molecule has 7 amide bonds. The summed E-state index contributed by atoms with van der Waals surface area (Å²) in [5.41, 5.74) is 2.62. The van der Waals surface area contributed by atoms with Gasteiger partial charge in [-0.2, -0.15) is 0 Å². The Hall–Kier alpha value is -4.93. The molecular formula is C33H36N4O7. The van der Waals surface area contributed by atoms with E-state index < -0.39 is 29.8 Å². The van der Waals surface area contributed by atoms with Gasteiger partial charge in [0.15, 0.2) is 0 Å². The molecule has 2 aromatic carbocycles. The Morgan fingerprint density at radius 1 is 0.659 bits per heavy atom. The summed E-state index contributed by atoms with van der Waals surface area (Å²) in [6, 6.07) is 10.1. The molecule has 2 saturated heterocycles. The van der Waals surface area contributed by atoms with E-state index in [0.29, 0.717) is 40.8 Å². The second-order valence-corrected chi connectivity index (χ2v) is 11.6. The van der Waals surface area contributed by atoms with Crippen LogP contribution in [-0.4, -0.2) is 63.2 Å². The highest BCUT2D eigenvalue weighted by molar-refractivity contribution is 6.24. The Morgan fingerprint density at radius 3 is 1.66 bits per heavy atom. The van der Waals surface area contributed by atoms with Crippen molar-refractivity contribution in [3.05, 3.63) is 82.6 Å². The van der Waals surface area contributed by atoms with Crippen molar-refractivity contribution in [3.8, 4) is 0 Å². The molecule has 11 nitrogen and oxygen atoms in total. The monoisotopic (exact) mass is 600 g/mol. The molecule has 2 N–H and O–H groups in total. The second-order valence-electron chi connectivity index (χ2n) is 11.6. The third kappa shape index (κ3) is 5.69. The van der Waals surface area contributed by atoms with Gasteiger partial charge in [0.1, 0.15) is 12.1 Å². The van der Waals surface area contributed by atoms with Gasteiger partial charge in [-0.3, -0.25) is 48.7 Å². The zero-order valence-electron chi connectivity index (χ0n) is 25.5. The summed E-state index contributed by atoms with van der Waals surface area (Å²) in [4.78, 5) is 87.1. The van der Waals surface area contributed by atoms with Crippen LogP contribution in [0.3, 0.4) is 0 Å². The predicted molar refractivity (Wildman–Crippen MR) is 160 cm³/mol. The molecule has 0 aliphatic carbocycles. The van der Waals surface area contributed by atoms with Gasteiger partial charge in [0.2, 0.25) is 17.7 Å². The van der Waals surface area contributed by atoms with Crippen LogP contribution < -0.4 is 10.6 Å². The number of piperidine rings is 2. The SMILES string of the molecule is C=C1CCC(N2C(=O)c3cccc(C(C)(C)C)c3C2=O)C(=O)N1.CC.O=C1CCC(N2C(=O)c3ccccc3C2=O)C(=O)N1. The van der Waals surface area contributed by atoms with Gasteiger partial charge >= 0.3 is 0 Å². The number of nitrogens with zero attached hydrogens (tertiary/aromatic N) is 2. The van der Waals surface area contributed by atoms with Crippen LogP contribution in [0.1, 0.15) is 107 Å². The van der Waals surface area contributed by atoms with Crippen molar-refractivity contribution in [3.63, 3.8) is 0 Å². The van der Waals surface area contributed by atoms with E-state index in [1.165, 1.54) is 0 Å². The first-order valence-electron chi connectivity index (χ1n) is 14.6. The van der Waals surface area contributed by atoms with E-state index in [1.807, 2.05) is 40.7 Å². The van der Waals surface area contributed by atoms with E-state index in [9.17, 15) is 33.6 Å². The fourth-order valence-corrected chi connectivity index (χ4v) is 5.64. The molecule has 0 saturated carbocycles. The summed E-state index contributed by atoms with van der Waals surface area (Å²) in [6.07, 6.45) is 1.29. The van der Waals surface area contributed by atoms with Gasteiger partial charge in [0.25, 0.3) is 23.6 Å². The minimum atomic E-state index is -0.898. The Bertz CT molecular complexity index is 1570. The predicted octanol–water partition coefficient (Wildman–Crippen LogP) is 3.49. The van der Waals surface area contributed by atoms with Gasteiger partial charge in [0, 0.05) is 12.1 Å². The smallest absolute Gasteiger partial charge is 0.262 e. The molecule has 2 fully saturated rings. The highest BCUT2D eigenvalue weighted by Crippen LogP contribution is 2.35. The third-order valence-corrected chi connectivity index (χ3v) is 7.74. The molecule has 6 rings (SSSR count). The minimum Gasteiger partial charge on any atom is -0.329 e. The molecular weight excluding hydrogens is 564 g/mol. The highest BCUT2D eigenvalue weighted by atomic mass is 16.2. The number of carbonyl (C=O) groups excluding carboxylic acids is 7. The Kier molecular flexibility index (Phi) is 8.98. The minimum absolute atomic E-state index is 0.129. The Balaban J connectivity index is 0.000000193. The van der Waals surface area contributed by atoms with Crippen LogP contribution in [0.2, 0.25) is 0 Å². The number of benzene rings is 2. The number of hydrogen-bond donors (Lipinski definition) is 2. The van der Waals surface area contributed by atoms with Crippen LogP contribution in [0, 0.1) is 0 Å². The molecule has 44 heavy (non-hydrogen) atoms. The molecule has 4 aliphatic rings. The summed E-state index contributed by atoms with van der Waals surface area (Å²) >= 11 is 0. The number of amides is 7. The molecule has 2 aromatic rings. The molecule has 230 valence electrons. The van der Waals surface area contributed by atoms with Crippen molar-refractivity contribution in [1.82, 2.24) is 20.4 Å². The average Bonchev–Trinajstić information content (AvgIpc) is 3.39. The zero-order chi connectivity index (χ0) is 32.5. The average molecular weight is 601 g/mol. The molecule has 2 atom stereocenters. The lowest BCUT2D eigenvalue weighted by atomic mass is 9.82. The maximum Gasteiger partial charge on any atom is 0.262 e. The van der Waals surface area contributed by atoms with Crippen molar-refractivity contribution in [2.24, 2.45) is 0 Å². The Morgan fingerprint density at radius 2 is 1.14 bits per heavy atom. The van der Waals surface area contributed by atoms with Crippen molar-refractivity contribution in [1.29, 1.82) is 0 Å². The van der Waals surface area contributed by atoms with Gasteiger partial charge in [-0.25, -0.2) is 0 Å². The summed E-state index contributed by atoms with van der Waals surface area (Å²) < 4.78 is 0. The van der Waals surface area contributed by atoms with E-state index in [0.717, 1.165) is 15.4 Å². The van der Waals surface area contributed by atoms with E-state index in [-0.39, 0.29) is 41.9 Å². The van der Waals surface area contributed by atoms with Gasteiger partial charge in [-0.1, -0.05) is 65.5 Å². The Labute approximate surface area is 255 Å². The zero-order valence-corrected chi connectivity index (χ0v) is 25.5. The number of allylic oxidation sites excluding steroid dienone is 1. The summed E-state index contributed by atoms with van der Waals surface area (Å²) in [5.74, 6) is -3.02.